The van der Waals surface area contributed by atoms with Gasteiger partial charge in [-0.2, -0.15) is 0 Å². The fourth-order valence-electron chi connectivity index (χ4n) is 4.83. The highest BCUT2D eigenvalue weighted by Gasteiger charge is 2.29. The molecule has 2 fully saturated rings. The van der Waals surface area contributed by atoms with Crippen LogP contribution in [0.3, 0.4) is 0 Å². The number of hydrogen-bond acceptors (Lipinski definition) is 6. The Kier molecular flexibility index (Phi) is 7.25. The molecular weight excluding hydrogens is 404 g/mol. The standard InChI is InChI=1S/C25H34N4O3/c1-18(23-10-13-26-17-27-23)28(2)25(30)22-16-21(31-3)8-9-24(22)32-20-11-14-29(15-12-20)19-6-4-5-7-19/h8-10,13,16-20H,4-7,11-12,14-15H2,1-3H3. The summed E-state index contributed by atoms with van der Waals surface area (Å²) in [7, 11) is 3.40. The summed E-state index contributed by atoms with van der Waals surface area (Å²) >= 11 is 0. The zero-order valence-electron chi connectivity index (χ0n) is 19.4. The average molecular weight is 439 g/mol. The molecule has 1 saturated carbocycles. The van der Waals surface area contributed by atoms with Gasteiger partial charge in [-0.1, -0.05) is 12.8 Å². The minimum atomic E-state index is -0.195. The summed E-state index contributed by atoms with van der Waals surface area (Å²) in [4.78, 5) is 26.0. The summed E-state index contributed by atoms with van der Waals surface area (Å²) in [6, 6.07) is 7.88. The van der Waals surface area contributed by atoms with Crippen LogP contribution in [0.5, 0.6) is 11.5 Å². The van der Waals surface area contributed by atoms with Crippen molar-refractivity contribution in [2.45, 2.75) is 63.6 Å². The van der Waals surface area contributed by atoms with Gasteiger partial charge >= 0.3 is 0 Å². The van der Waals surface area contributed by atoms with E-state index in [-0.39, 0.29) is 18.1 Å². The summed E-state index contributed by atoms with van der Waals surface area (Å²) < 4.78 is 11.8. The van der Waals surface area contributed by atoms with E-state index in [1.54, 1.807) is 31.3 Å². The molecule has 2 heterocycles. The number of benzene rings is 1. The van der Waals surface area contributed by atoms with E-state index in [0.29, 0.717) is 17.1 Å². The normalized spacial score (nSPS) is 19.0. The molecule has 0 bridgehead atoms. The summed E-state index contributed by atoms with van der Waals surface area (Å²) in [5, 5.41) is 0. The van der Waals surface area contributed by atoms with Crippen LogP contribution in [0.25, 0.3) is 0 Å². The summed E-state index contributed by atoms with van der Waals surface area (Å²) in [6.07, 6.45) is 10.7. The molecule has 0 N–H and O–H groups in total. The maximum atomic E-state index is 13.5. The number of carbonyl (C=O) groups is 1. The van der Waals surface area contributed by atoms with Gasteiger partial charge in [-0.05, 0) is 56.9 Å². The molecule has 1 atom stereocenters. The van der Waals surface area contributed by atoms with Gasteiger partial charge in [0, 0.05) is 32.4 Å². The van der Waals surface area contributed by atoms with Gasteiger partial charge in [-0.3, -0.25) is 4.79 Å². The molecule has 1 aliphatic heterocycles. The van der Waals surface area contributed by atoms with Gasteiger partial charge in [0.25, 0.3) is 5.91 Å². The first kappa shape index (κ1) is 22.5. The predicted octanol–water partition coefficient (Wildman–Crippen LogP) is 4.10. The van der Waals surface area contributed by atoms with E-state index in [2.05, 4.69) is 14.9 Å². The molecule has 1 aromatic heterocycles. The fraction of sp³-hybridized carbons (Fsp3) is 0.560. The number of rotatable bonds is 7. The Balaban J connectivity index is 1.47. The van der Waals surface area contributed by atoms with Crippen LogP contribution in [0.2, 0.25) is 0 Å². The first-order valence-corrected chi connectivity index (χ1v) is 11.7. The second-order valence-electron chi connectivity index (χ2n) is 8.88. The van der Waals surface area contributed by atoms with Gasteiger partial charge in [-0.15, -0.1) is 0 Å². The van der Waals surface area contributed by atoms with E-state index in [1.165, 1.54) is 32.0 Å². The van der Waals surface area contributed by atoms with Gasteiger partial charge in [-0.25, -0.2) is 9.97 Å². The molecule has 0 spiro atoms. The van der Waals surface area contributed by atoms with E-state index in [1.807, 2.05) is 25.1 Å². The van der Waals surface area contributed by atoms with Crippen LogP contribution in [0, 0.1) is 0 Å². The van der Waals surface area contributed by atoms with Crippen molar-refractivity contribution in [3.63, 3.8) is 0 Å². The lowest BCUT2D eigenvalue weighted by Crippen LogP contribution is -2.43. The number of aromatic nitrogens is 2. The lowest BCUT2D eigenvalue weighted by atomic mass is 10.0. The van der Waals surface area contributed by atoms with Gasteiger partial charge < -0.3 is 19.3 Å². The molecule has 0 radical (unpaired) electrons. The van der Waals surface area contributed by atoms with Crippen molar-refractivity contribution in [2.24, 2.45) is 0 Å². The Labute approximate surface area is 190 Å². The second-order valence-corrected chi connectivity index (χ2v) is 8.88. The number of hydrogen-bond donors (Lipinski definition) is 0. The quantitative estimate of drug-likeness (QED) is 0.648. The molecular formula is C25H34N4O3. The van der Waals surface area contributed by atoms with Gasteiger partial charge in [0.2, 0.25) is 0 Å². The minimum absolute atomic E-state index is 0.117. The molecule has 1 saturated heterocycles. The topological polar surface area (TPSA) is 67.8 Å². The van der Waals surface area contributed by atoms with Crippen LogP contribution >= 0.6 is 0 Å². The average Bonchev–Trinajstić information content (AvgIpc) is 3.39. The highest BCUT2D eigenvalue weighted by atomic mass is 16.5. The highest BCUT2D eigenvalue weighted by Crippen LogP contribution is 2.31. The van der Waals surface area contributed by atoms with Crippen LogP contribution in [0.15, 0.2) is 36.8 Å². The lowest BCUT2D eigenvalue weighted by molar-refractivity contribution is 0.0684. The van der Waals surface area contributed by atoms with Crippen LogP contribution in [-0.4, -0.2) is 65.1 Å². The van der Waals surface area contributed by atoms with E-state index in [0.717, 1.165) is 37.7 Å². The van der Waals surface area contributed by atoms with Gasteiger partial charge in [0.1, 0.15) is 23.9 Å². The minimum Gasteiger partial charge on any atom is -0.497 e. The second kappa shape index (κ2) is 10.3. The van der Waals surface area contributed by atoms with Crippen LogP contribution in [0.4, 0.5) is 0 Å². The number of amides is 1. The van der Waals surface area contributed by atoms with E-state index in [9.17, 15) is 4.79 Å². The molecule has 2 aliphatic rings. The number of carbonyl (C=O) groups excluding carboxylic acids is 1. The number of ether oxygens (including phenoxy) is 2. The molecule has 172 valence electrons. The number of nitrogens with zero attached hydrogens (tertiary/aromatic N) is 4. The van der Waals surface area contributed by atoms with Gasteiger partial charge in [0.15, 0.2) is 0 Å². The molecule has 1 aliphatic carbocycles. The SMILES string of the molecule is COc1ccc(OC2CCN(C3CCCC3)CC2)c(C(=O)N(C)C(C)c2ccncn2)c1. The van der Waals surface area contributed by atoms with E-state index < -0.39 is 0 Å². The fourth-order valence-corrected chi connectivity index (χ4v) is 4.83. The highest BCUT2D eigenvalue weighted by molar-refractivity contribution is 5.97. The largest absolute Gasteiger partial charge is 0.497 e. The molecule has 1 unspecified atom stereocenters. The smallest absolute Gasteiger partial charge is 0.258 e. The first-order valence-electron chi connectivity index (χ1n) is 11.7. The van der Waals surface area contributed by atoms with Crippen molar-refractivity contribution >= 4 is 5.91 Å². The third kappa shape index (κ3) is 5.04. The van der Waals surface area contributed by atoms with E-state index >= 15 is 0 Å². The molecule has 4 rings (SSSR count). The Hall–Kier alpha value is -2.67. The van der Waals surface area contributed by atoms with Gasteiger partial charge in [0.05, 0.1) is 24.4 Å². The van der Waals surface area contributed by atoms with Crippen LogP contribution < -0.4 is 9.47 Å². The molecule has 1 amide bonds. The third-order valence-electron chi connectivity index (χ3n) is 6.96. The molecule has 32 heavy (non-hydrogen) atoms. The summed E-state index contributed by atoms with van der Waals surface area (Å²) in [6.45, 7) is 4.10. The maximum absolute atomic E-state index is 13.5. The van der Waals surface area contributed by atoms with Crippen LogP contribution in [-0.2, 0) is 0 Å². The van der Waals surface area contributed by atoms with Crippen molar-refractivity contribution < 1.29 is 14.3 Å². The van der Waals surface area contributed by atoms with E-state index in [4.69, 9.17) is 9.47 Å². The van der Waals surface area contributed by atoms with Crippen molar-refractivity contribution in [1.29, 1.82) is 0 Å². The van der Waals surface area contributed by atoms with Crippen molar-refractivity contribution in [1.82, 2.24) is 19.8 Å². The monoisotopic (exact) mass is 438 g/mol. The molecule has 1 aromatic carbocycles. The molecule has 7 nitrogen and oxygen atoms in total. The number of methoxy groups -OCH3 is 1. The molecule has 2 aromatic rings. The maximum Gasteiger partial charge on any atom is 0.258 e. The summed E-state index contributed by atoms with van der Waals surface area (Å²) in [5.74, 6) is 1.14. The Morgan fingerprint density at radius 2 is 1.91 bits per heavy atom. The Morgan fingerprint density at radius 1 is 1.16 bits per heavy atom. The van der Waals surface area contributed by atoms with Crippen molar-refractivity contribution in [2.75, 3.05) is 27.2 Å². The lowest BCUT2D eigenvalue weighted by Gasteiger charge is -2.36. The van der Waals surface area contributed by atoms with Crippen LogP contribution in [0.1, 0.15) is 67.5 Å². The predicted molar refractivity (Wildman–Crippen MR) is 123 cm³/mol. The molecule has 7 heteroatoms. The zero-order chi connectivity index (χ0) is 22.5. The Morgan fingerprint density at radius 3 is 2.56 bits per heavy atom. The third-order valence-corrected chi connectivity index (χ3v) is 6.96. The number of piperidine rings is 1. The van der Waals surface area contributed by atoms with Crippen molar-refractivity contribution in [3.8, 4) is 11.5 Å². The zero-order valence-corrected chi connectivity index (χ0v) is 19.4. The van der Waals surface area contributed by atoms with Crippen molar-refractivity contribution in [3.05, 3.63) is 48.0 Å². The Bertz CT molecular complexity index is 893. The first-order chi connectivity index (χ1) is 15.6. The summed E-state index contributed by atoms with van der Waals surface area (Å²) in [5.41, 5.74) is 1.31. The number of likely N-dealkylation sites (tertiary alicyclic amines) is 1.